The molecule has 8 heteroatoms. The van der Waals surface area contributed by atoms with Gasteiger partial charge in [-0.1, -0.05) is 20.8 Å². The third-order valence-corrected chi connectivity index (χ3v) is 15.9. The zero-order valence-corrected chi connectivity index (χ0v) is 30.3. The summed E-state index contributed by atoms with van der Waals surface area (Å²) in [7, 11) is 0. The van der Waals surface area contributed by atoms with E-state index in [4.69, 9.17) is 18.9 Å². The molecule has 0 aromatic rings. The molecule has 3 heterocycles. The molecule has 2 spiro atoms. The second-order valence-electron chi connectivity index (χ2n) is 18.8. The lowest BCUT2D eigenvalue weighted by molar-refractivity contribution is -0.245. The molecule has 3 aliphatic heterocycles. The average molecular weight is 657 g/mol. The van der Waals surface area contributed by atoms with E-state index in [-0.39, 0.29) is 35.9 Å². The van der Waals surface area contributed by atoms with Crippen molar-refractivity contribution < 1.29 is 28.8 Å². The Morgan fingerprint density at radius 2 is 1.77 bits per heavy atom. The fraction of sp³-hybridized carbons (Fsp3) is 0.974. The van der Waals surface area contributed by atoms with Gasteiger partial charge in [-0.05, 0) is 137 Å². The molecule has 3 saturated heterocycles. The van der Waals surface area contributed by atoms with Crippen molar-refractivity contribution in [3.8, 4) is 0 Å². The Morgan fingerprint density at radius 3 is 2.49 bits per heavy atom. The smallest absolute Gasteiger partial charge is 0.236 e. The minimum atomic E-state index is -0.906. The number of hydrogen-bond donors (Lipinski definition) is 1. The second-order valence-corrected chi connectivity index (χ2v) is 18.8. The topological polar surface area (TPSA) is 80.7 Å². The van der Waals surface area contributed by atoms with Gasteiger partial charge < -0.3 is 29.0 Å². The van der Waals surface area contributed by atoms with E-state index in [9.17, 15) is 9.90 Å². The number of likely N-dealkylation sites (tertiary alicyclic amines) is 1. The molecule has 12 atom stereocenters. The lowest BCUT2D eigenvalue weighted by Crippen LogP contribution is -2.56. The van der Waals surface area contributed by atoms with Crippen molar-refractivity contribution in [2.45, 2.75) is 148 Å². The molecule has 9 unspecified atom stereocenters. The van der Waals surface area contributed by atoms with E-state index in [0.29, 0.717) is 60.5 Å². The second kappa shape index (κ2) is 11.6. The first-order chi connectivity index (χ1) is 22.3. The molecule has 8 nitrogen and oxygen atoms in total. The Labute approximate surface area is 283 Å². The number of nitrogens with zero attached hydrogens (tertiary/aromatic N) is 2. The molecule has 5 saturated carbocycles. The number of fused-ring (bicyclic) bond motifs is 4. The third-order valence-electron chi connectivity index (χ3n) is 15.9. The Morgan fingerprint density at radius 1 is 0.979 bits per heavy atom. The van der Waals surface area contributed by atoms with Crippen LogP contribution in [0.25, 0.3) is 0 Å². The van der Waals surface area contributed by atoms with E-state index < -0.39 is 5.60 Å². The van der Waals surface area contributed by atoms with Gasteiger partial charge in [-0.2, -0.15) is 0 Å². The van der Waals surface area contributed by atoms with E-state index in [1.54, 1.807) is 0 Å². The normalized spacial score (nSPS) is 47.9. The number of morpholine rings is 1. The monoisotopic (exact) mass is 656 g/mol. The van der Waals surface area contributed by atoms with Crippen LogP contribution >= 0.6 is 0 Å². The van der Waals surface area contributed by atoms with Crippen LogP contribution in [0.3, 0.4) is 0 Å². The summed E-state index contributed by atoms with van der Waals surface area (Å²) in [5, 5.41) is 10.9. The zero-order chi connectivity index (χ0) is 33.0. The SMILES string of the molecule is CCO[C@@H](C1CCC2C(CC3C4CCC5C(C)(C)[C@@H](OC6CN(CC(=O)N7CCC7)CCO6)CCC56C[C@@]46CCC23C)O1)C(C)(C)O. The molecule has 5 aliphatic carbocycles. The van der Waals surface area contributed by atoms with Gasteiger partial charge in [0.1, 0.15) is 6.10 Å². The summed E-state index contributed by atoms with van der Waals surface area (Å²) in [6.45, 7) is 18.5. The predicted molar refractivity (Wildman–Crippen MR) is 180 cm³/mol. The Kier molecular flexibility index (Phi) is 8.26. The summed E-state index contributed by atoms with van der Waals surface area (Å²) in [6.07, 6.45) is 13.7. The number of hydrogen-bond acceptors (Lipinski definition) is 7. The number of rotatable bonds is 8. The maximum Gasteiger partial charge on any atom is 0.236 e. The van der Waals surface area contributed by atoms with Crippen LogP contribution in [-0.4, -0.2) is 103 Å². The van der Waals surface area contributed by atoms with Crippen LogP contribution in [0.1, 0.15) is 112 Å². The highest BCUT2D eigenvalue weighted by Gasteiger charge is 2.80. The van der Waals surface area contributed by atoms with Crippen LogP contribution in [0.2, 0.25) is 0 Å². The third kappa shape index (κ3) is 5.14. The first kappa shape index (κ1) is 33.4. The lowest BCUT2D eigenvalue weighted by atomic mass is 9.46. The van der Waals surface area contributed by atoms with Gasteiger partial charge in [0, 0.05) is 26.2 Å². The van der Waals surface area contributed by atoms with Crippen molar-refractivity contribution in [1.29, 1.82) is 0 Å². The first-order valence-electron chi connectivity index (χ1n) is 19.6. The molecule has 47 heavy (non-hydrogen) atoms. The maximum absolute atomic E-state index is 12.7. The molecule has 8 fully saturated rings. The van der Waals surface area contributed by atoms with Gasteiger partial charge in [-0.15, -0.1) is 0 Å². The van der Waals surface area contributed by atoms with Crippen LogP contribution in [-0.2, 0) is 23.7 Å². The molecule has 0 bridgehead atoms. The molecule has 8 aliphatic rings. The number of ether oxygens (including phenoxy) is 4. The fourth-order valence-electron chi connectivity index (χ4n) is 13.6. The van der Waals surface area contributed by atoms with Crippen LogP contribution in [0.15, 0.2) is 0 Å². The van der Waals surface area contributed by atoms with Gasteiger partial charge in [-0.3, -0.25) is 9.69 Å². The molecular formula is C39H64N2O6. The van der Waals surface area contributed by atoms with Crippen LogP contribution in [0, 0.1) is 45.3 Å². The zero-order valence-electron chi connectivity index (χ0n) is 30.3. The van der Waals surface area contributed by atoms with Crippen molar-refractivity contribution in [2.24, 2.45) is 45.3 Å². The van der Waals surface area contributed by atoms with Gasteiger partial charge in [0.2, 0.25) is 5.91 Å². The highest BCUT2D eigenvalue weighted by molar-refractivity contribution is 5.78. The van der Waals surface area contributed by atoms with E-state index in [1.165, 1.54) is 51.4 Å². The summed E-state index contributed by atoms with van der Waals surface area (Å²) in [5.74, 6) is 3.15. The lowest BCUT2D eigenvalue weighted by Gasteiger charge is -2.60. The average Bonchev–Trinajstić information content (AvgIpc) is 3.56. The molecule has 0 radical (unpaired) electrons. The molecular weight excluding hydrogens is 592 g/mol. The van der Waals surface area contributed by atoms with Crippen molar-refractivity contribution in [3.63, 3.8) is 0 Å². The number of carbonyl (C=O) groups excluding carboxylic acids is 1. The largest absolute Gasteiger partial charge is 0.388 e. The standard InChI is InChI=1S/C39H64N2O6/c1-7-44-34(36(4,5)43)28-11-9-26-29(46-28)21-27-25-10-12-30-35(2,3)31(13-14-39(30)24-38(25,39)16-15-37(26,27)6)47-33-23-40(19-20-45-33)22-32(42)41-17-8-18-41/h25-31,33-34,43H,7-24H2,1-6H3/t25?,26?,27?,28?,29?,30?,31-,33?,34-,37?,38-,39?/m0/s1. The summed E-state index contributed by atoms with van der Waals surface area (Å²) < 4.78 is 26.1. The van der Waals surface area contributed by atoms with E-state index in [2.05, 4.69) is 25.7 Å². The van der Waals surface area contributed by atoms with Gasteiger partial charge in [0.25, 0.3) is 0 Å². The van der Waals surface area contributed by atoms with Gasteiger partial charge in [0.05, 0.1) is 43.6 Å². The molecule has 1 N–H and O–H groups in total. The van der Waals surface area contributed by atoms with Crippen molar-refractivity contribution >= 4 is 5.91 Å². The molecule has 1 amide bonds. The molecule has 266 valence electrons. The molecule has 0 aromatic heterocycles. The highest BCUT2D eigenvalue weighted by atomic mass is 16.7. The Balaban J connectivity index is 0.937. The summed E-state index contributed by atoms with van der Waals surface area (Å²) in [5.41, 5.74) is 0.552. The maximum atomic E-state index is 12.7. The van der Waals surface area contributed by atoms with E-state index in [1.807, 2.05) is 25.7 Å². The fourth-order valence-corrected chi connectivity index (χ4v) is 13.6. The number of aliphatic hydroxyl groups is 1. The molecule has 0 aromatic carbocycles. The highest BCUT2D eigenvalue weighted by Crippen LogP contribution is 2.87. The van der Waals surface area contributed by atoms with Crippen molar-refractivity contribution in [1.82, 2.24) is 9.80 Å². The van der Waals surface area contributed by atoms with E-state index >= 15 is 0 Å². The van der Waals surface area contributed by atoms with Crippen LogP contribution < -0.4 is 0 Å². The minimum Gasteiger partial charge on any atom is -0.388 e. The summed E-state index contributed by atoms with van der Waals surface area (Å²) in [6, 6.07) is 0. The van der Waals surface area contributed by atoms with Crippen molar-refractivity contribution in [3.05, 3.63) is 0 Å². The minimum absolute atomic E-state index is 0.0192. The van der Waals surface area contributed by atoms with Gasteiger partial charge >= 0.3 is 0 Å². The predicted octanol–water partition coefficient (Wildman–Crippen LogP) is 5.64. The number of amides is 1. The van der Waals surface area contributed by atoms with Gasteiger partial charge in [-0.25, -0.2) is 0 Å². The number of carbonyl (C=O) groups is 1. The molecule has 8 rings (SSSR count). The summed E-state index contributed by atoms with van der Waals surface area (Å²) >= 11 is 0. The van der Waals surface area contributed by atoms with E-state index in [0.717, 1.165) is 50.7 Å². The quantitative estimate of drug-likeness (QED) is 0.362. The Hall–Kier alpha value is -0.770. The summed E-state index contributed by atoms with van der Waals surface area (Å²) in [4.78, 5) is 16.9. The first-order valence-corrected chi connectivity index (χ1v) is 19.6. The van der Waals surface area contributed by atoms with Crippen LogP contribution in [0.5, 0.6) is 0 Å². The Bertz CT molecular complexity index is 1200. The van der Waals surface area contributed by atoms with Crippen molar-refractivity contribution in [2.75, 3.05) is 45.9 Å². The van der Waals surface area contributed by atoms with Gasteiger partial charge in [0.15, 0.2) is 6.29 Å². The van der Waals surface area contributed by atoms with Crippen LogP contribution in [0.4, 0.5) is 0 Å².